The van der Waals surface area contributed by atoms with E-state index >= 15 is 0 Å². The molecule has 1 aliphatic heterocycles. The van der Waals surface area contributed by atoms with E-state index < -0.39 is 0 Å². The van der Waals surface area contributed by atoms with Gasteiger partial charge in [-0.15, -0.1) is 22.7 Å². The number of nitrogens with one attached hydrogen (secondary N) is 1. The second-order valence-corrected chi connectivity index (χ2v) is 9.15. The van der Waals surface area contributed by atoms with E-state index in [1.807, 2.05) is 41.3 Å². The molecule has 3 aromatic rings. The van der Waals surface area contributed by atoms with Gasteiger partial charge in [-0.2, -0.15) is 0 Å². The summed E-state index contributed by atoms with van der Waals surface area (Å²) in [6.45, 7) is 1.89. The van der Waals surface area contributed by atoms with E-state index in [1.165, 1.54) is 16.2 Å². The maximum atomic E-state index is 12.8. The number of amides is 2. The predicted molar refractivity (Wildman–Crippen MR) is 117 cm³/mol. The summed E-state index contributed by atoms with van der Waals surface area (Å²) >= 11 is 3.14. The first-order chi connectivity index (χ1) is 14.2. The van der Waals surface area contributed by atoms with Gasteiger partial charge in [-0.05, 0) is 30.7 Å². The van der Waals surface area contributed by atoms with Crippen LogP contribution in [0.4, 0.5) is 0 Å². The Kier molecular flexibility index (Phi) is 6.36. The Bertz CT molecular complexity index is 946. The quantitative estimate of drug-likeness (QED) is 0.647. The summed E-state index contributed by atoms with van der Waals surface area (Å²) in [5.74, 6) is 0.114. The molecule has 2 amide bonds. The maximum absolute atomic E-state index is 12.8. The molecule has 0 saturated carbocycles. The third kappa shape index (κ3) is 4.92. The van der Waals surface area contributed by atoms with E-state index in [0.717, 1.165) is 17.0 Å². The van der Waals surface area contributed by atoms with Crippen molar-refractivity contribution in [3.05, 3.63) is 63.8 Å². The topological polar surface area (TPSA) is 62.3 Å². The smallest absolute Gasteiger partial charge is 0.265 e. The fourth-order valence-electron chi connectivity index (χ4n) is 3.50. The van der Waals surface area contributed by atoms with Crippen LogP contribution in [-0.2, 0) is 11.2 Å². The van der Waals surface area contributed by atoms with Gasteiger partial charge in [0, 0.05) is 36.0 Å². The number of hydrogen-bond donors (Lipinski definition) is 1. The highest BCUT2D eigenvalue weighted by Crippen LogP contribution is 2.27. The van der Waals surface area contributed by atoms with Crippen LogP contribution in [0.5, 0.6) is 0 Å². The average molecular weight is 426 g/mol. The van der Waals surface area contributed by atoms with Gasteiger partial charge in [-0.25, -0.2) is 4.98 Å². The van der Waals surface area contributed by atoms with Crippen molar-refractivity contribution < 1.29 is 9.59 Å². The Morgan fingerprint density at radius 3 is 2.62 bits per heavy atom. The maximum Gasteiger partial charge on any atom is 0.265 e. The van der Waals surface area contributed by atoms with Gasteiger partial charge in [0.05, 0.1) is 6.20 Å². The lowest BCUT2D eigenvalue weighted by Gasteiger charge is -2.31. The van der Waals surface area contributed by atoms with Crippen LogP contribution >= 0.6 is 22.7 Å². The Morgan fingerprint density at radius 1 is 1.10 bits per heavy atom. The molecule has 5 nitrogen and oxygen atoms in total. The predicted octanol–water partition coefficient (Wildman–Crippen LogP) is 4.08. The van der Waals surface area contributed by atoms with Gasteiger partial charge in [-0.1, -0.05) is 36.4 Å². The van der Waals surface area contributed by atoms with Gasteiger partial charge in [0.25, 0.3) is 5.91 Å². The molecule has 0 bridgehead atoms. The highest BCUT2D eigenvalue weighted by atomic mass is 32.1. The molecule has 4 rings (SSSR count). The van der Waals surface area contributed by atoms with Crippen LogP contribution in [0.25, 0.3) is 10.6 Å². The second-order valence-electron chi connectivity index (χ2n) is 7.08. The van der Waals surface area contributed by atoms with E-state index in [1.54, 1.807) is 17.5 Å². The van der Waals surface area contributed by atoms with Crippen LogP contribution in [-0.4, -0.2) is 41.3 Å². The third-order valence-electron chi connectivity index (χ3n) is 5.14. The molecule has 2 aromatic heterocycles. The largest absolute Gasteiger partial charge is 0.355 e. The van der Waals surface area contributed by atoms with Crippen LogP contribution in [0, 0.1) is 5.92 Å². The molecular weight excluding hydrogens is 402 g/mol. The summed E-state index contributed by atoms with van der Waals surface area (Å²) in [4.78, 5) is 33.4. The number of aromatic nitrogens is 1. The van der Waals surface area contributed by atoms with Crippen LogP contribution in [0.2, 0.25) is 0 Å². The first-order valence-electron chi connectivity index (χ1n) is 9.81. The van der Waals surface area contributed by atoms with Crippen LogP contribution in [0.3, 0.4) is 0 Å². The molecule has 1 N–H and O–H groups in total. The summed E-state index contributed by atoms with van der Waals surface area (Å²) in [7, 11) is 0. The number of piperidine rings is 1. The van der Waals surface area contributed by atoms with Crippen molar-refractivity contribution >= 4 is 34.5 Å². The molecule has 0 aliphatic carbocycles. The normalized spacial score (nSPS) is 14.7. The molecule has 1 fully saturated rings. The van der Waals surface area contributed by atoms with Crippen molar-refractivity contribution in [1.29, 1.82) is 0 Å². The van der Waals surface area contributed by atoms with Gasteiger partial charge in [-0.3, -0.25) is 9.59 Å². The highest BCUT2D eigenvalue weighted by Gasteiger charge is 2.28. The second kappa shape index (κ2) is 9.33. The number of likely N-dealkylation sites (tertiary alicyclic amines) is 1. The summed E-state index contributed by atoms with van der Waals surface area (Å²) in [5, 5.41) is 5.95. The first kappa shape index (κ1) is 19.8. The van der Waals surface area contributed by atoms with Gasteiger partial charge in [0.1, 0.15) is 9.88 Å². The molecule has 3 heterocycles. The summed E-state index contributed by atoms with van der Waals surface area (Å²) < 4.78 is 0. The first-order valence-corrected chi connectivity index (χ1v) is 11.5. The molecule has 0 atom stereocenters. The van der Waals surface area contributed by atoms with E-state index in [4.69, 9.17) is 0 Å². The molecule has 0 unspecified atom stereocenters. The van der Waals surface area contributed by atoms with Crippen LogP contribution in [0.15, 0.2) is 54.0 Å². The summed E-state index contributed by atoms with van der Waals surface area (Å²) in [6, 6.07) is 14.0. The Morgan fingerprint density at radius 2 is 1.90 bits per heavy atom. The molecule has 150 valence electrons. The molecule has 1 aliphatic rings. The van der Waals surface area contributed by atoms with Gasteiger partial charge in [0.15, 0.2) is 0 Å². The van der Waals surface area contributed by atoms with Crippen LogP contribution < -0.4 is 5.32 Å². The molecule has 1 saturated heterocycles. The SMILES string of the molecule is O=C(NCCc1cccs1)C1CCN(C(=O)c2cnc(-c3ccccc3)s2)CC1. The molecule has 29 heavy (non-hydrogen) atoms. The minimum atomic E-state index is -0.0104. The lowest BCUT2D eigenvalue weighted by molar-refractivity contribution is -0.126. The molecule has 7 heteroatoms. The number of thiophene rings is 1. The van der Waals surface area contributed by atoms with E-state index in [9.17, 15) is 9.59 Å². The number of nitrogens with zero attached hydrogens (tertiary/aromatic N) is 2. The van der Waals surface area contributed by atoms with Gasteiger partial charge < -0.3 is 10.2 Å². The lowest BCUT2D eigenvalue weighted by atomic mass is 9.96. The Hall–Kier alpha value is -2.51. The van der Waals surface area contributed by atoms with Gasteiger partial charge >= 0.3 is 0 Å². The van der Waals surface area contributed by atoms with Crippen molar-refractivity contribution in [2.45, 2.75) is 19.3 Å². The number of rotatable bonds is 6. The lowest BCUT2D eigenvalue weighted by Crippen LogP contribution is -2.43. The number of carbonyl (C=O) groups excluding carboxylic acids is 2. The number of benzene rings is 1. The van der Waals surface area contributed by atoms with Crippen molar-refractivity contribution in [2.24, 2.45) is 5.92 Å². The van der Waals surface area contributed by atoms with Crippen molar-refractivity contribution in [2.75, 3.05) is 19.6 Å². The van der Waals surface area contributed by atoms with Crippen molar-refractivity contribution in [1.82, 2.24) is 15.2 Å². The Balaban J connectivity index is 1.26. The molecular formula is C22H23N3O2S2. The number of hydrogen-bond acceptors (Lipinski definition) is 5. The van der Waals surface area contributed by atoms with E-state index in [2.05, 4.69) is 21.7 Å². The van der Waals surface area contributed by atoms with Crippen LogP contribution in [0.1, 0.15) is 27.4 Å². The molecule has 0 spiro atoms. The van der Waals surface area contributed by atoms with E-state index in [-0.39, 0.29) is 17.7 Å². The van der Waals surface area contributed by atoms with Crippen molar-refractivity contribution in [3.63, 3.8) is 0 Å². The minimum absolute atomic E-state index is 0.0104. The standard InChI is InChI=1S/C22H23N3O2S2/c26-20(23-11-8-18-7-4-14-28-18)16-9-12-25(13-10-16)22(27)19-15-24-21(29-19)17-5-2-1-3-6-17/h1-7,14-16H,8-13H2,(H,23,26). The number of carbonyl (C=O) groups is 2. The highest BCUT2D eigenvalue weighted by molar-refractivity contribution is 7.16. The fourth-order valence-corrected chi connectivity index (χ4v) is 5.09. The van der Waals surface area contributed by atoms with Crippen molar-refractivity contribution in [3.8, 4) is 10.6 Å². The zero-order valence-electron chi connectivity index (χ0n) is 16.0. The third-order valence-corrected chi connectivity index (χ3v) is 7.11. The fraction of sp³-hybridized carbons (Fsp3) is 0.318. The average Bonchev–Trinajstić information content (AvgIpc) is 3.46. The molecule has 1 aromatic carbocycles. The summed E-state index contributed by atoms with van der Waals surface area (Å²) in [5.41, 5.74) is 1.02. The number of thiazole rings is 1. The van der Waals surface area contributed by atoms with Gasteiger partial charge in [0.2, 0.25) is 5.91 Å². The zero-order chi connectivity index (χ0) is 20.1. The summed E-state index contributed by atoms with van der Waals surface area (Å²) in [6.07, 6.45) is 3.95. The Labute approximate surface area is 178 Å². The minimum Gasteiger partial charge on any atom is -0.355 e. The zero-order valence-corrected chi connectivity index (χ0v) is 17.7. The van der Waals surface area contributed by atoms with E-state index in [0.29, 0.717) is 37.4 Å². The molecule has 0 radical (unpaired) electrons. The monoisotopic (exact) mass is 425 g/mol.